The van der Waals surface area contributed by atoms with Crippen molar-refractivity contribution in [3.8, 4) is 0 Å². The molecule has 0 atom stereocenters. The largest absolute Gasteiger partial charge is 0.461 e. The molecule has 24 heavy (non-hydrogen) atoms. The predicted molar refractivity (Wildman–Crippen MR) is 97.8 cm³/mol. The summed E-state index contributed by atoms with van der Waals surface area (Å²) in [4.78, 5) is 21.1. The van der Waals surface area contributed by atoms with Gasteiger partial charge >= 0.3 is 5.97 Å². The Labute approximate surface area is 142 Å². The Morgan fingerprint density at radius 3 is 2.29 bits per heavy atom. The van der Waals surface area contributed by atoms with Crippen LogP contribution in [0.15, 0.2) is 62.2 Å². The molecule has 128 valence electrons. The van der Waals surface area contributed by atoms with E-state index < -0.39 is 0 Å². The van der Waals surface area contributed by atoms with Crippen molar-refractivity contribution in [1.29, 1.82) is 0 Å². The van der Waals surface area contributed by atoms with Crippen LogP contribution in [0.4, 0.5) is 0 Å². The summed E-state index contributed by atoms with van der Waals surface area (Å²) >= 11 is 0. The van der Waals surface area contributed by atoms with Gasteiger partial charge in [-0.05, 0) is 30.7 Å². The monoisotopic (exact) mass is 328 g/mol. The number of esters is 1. The number of nitrogens with two attached hydrogens (primary N) is 1. The van der Waals surface area contributed by atoms with E-state index in [0.29, 0.717) is 12.1 Å². The molecule has 0 saturated heterocycles. The number of hydrogen-bond donors (Lipinski definition) is 2. The number of nitrogens with zero attached hydrogens (tertiary/aromatic N) is 2. The minimum absolute atomic E-state index is 0.270. The molecule has 0 amide bonds. The molecule has 2 rings (SSSR count). The molecule has 0 aliphatic heterocycles. The van der Waals surface area contributed by atoms with E-state index in [1.54, 1.807) is 43.9 Å². The van der Waals surface area contributed by atoms with Gasteiger partial charge in [0.2, 0.25) is 0 Å². The van der Waals surface area contributed by atoms with Crippen LogP contribution in [-0.2, 0) is 9.53 Å². The standard InChI is InChI=1S/C7H7N.C6H11NO2.C5H6N2/c1-2-7-3-5-8-6-4-7;1-5(2)6(8)9-4-3-7;1-2-5-6-3-4-7-5/h2-6H,1H2;1,3-4,7H2,2H3;2-4H,1H2,(H,6,7). The maximum Gasteiger partial charge on any atom is 0.333 e. The van der Waals surface area contributed by atoms with Gasteiger partial charge < -0.3 is 15.5 Å². The number of aromatic nitrogens is 3. The second kappa shape index (κ2) is 13.7. The Balaban J connectivity index is 0.000000332. The molecule has 0 unspecified atom stereocenters. The van der Waals surface area contributed by atoms with Gasteiger partial charge in [0, 0.05) is 36.9 Å². The van der Waals surface area contributed by atoms with Crippen molar-refractivity contribution in [3.05, 3.63) is 73.6 Å². The van der Waals surface area contributed by atoms with E-state index >= 15 is 0 Å². The molecular weight excluding hydrogens is 304 g/mol. The highest BCUT2D eigenvalue weighted by Gasteiger charge is 1.99. The highest BCUT2D eigenvalue weighted by Crippen LogP contribution is 1.95. The van der Waals surface area contributed by atoms with Crippen LogP contribution in [0, 0.1) is 0 Å². The van der Waals surface area contributed by atoms with Crippen LogP contribution in [0.1, 0.15) is 18.3 Å². The van der Waals surface area contributed by atoms with E-state index in [9.17, 15) is 4.79 Å². The lowest BCUT2D eigenvalue weighted by molar-refractivity contribution is -0.138. The Kier molecular flexibility index (Phi) is 12.0. The molecule has 6 nitrogen and oxygen atoms in total. The summed E-state index contributed by atoms with van der Waals surface area (Å²) in [6.45, 7) is 12.7. The number of carbonyl (C=O) groups excluding carboxylic acids is 1. The summed E-state index contributed by atoms with van der Waals surface area (Å²) in [5.41, 5.74) is 6.59. The van der Waals surface area contributed by atoms with Gasteiger partial charge in [-0.3, -0.25) is 4.98 Å². The highest BCUT2D eigenvalue weighted by molar-refractivity contribution is 5.86. The average molecular weight is 328 g/mol. The van der Waals surface area contributed by atoms with Crippen molar-refractivity contribution in [2.75, 3.05) is 13.2 Å². The fraction of sp³-hybridized carbons (Fsp3) is 0.167. The minimum atomic E-state index is -0.375. The van der Waals surface area contributed by atoms with Gasteiger partial charge in [-0.15, -0.1) is 0 Å². The average Bonchev–Trinajstić information content (AvgIpc) is 3.15. The maximum absolute atomic E-state index is 10.5. The van der Waals surface area contributed by atoms with Crippen molar-refractivity contribution < 1.29 is 9.53 Å². The van der Waals surface area contributed by atoms with Gasteiger partial charge in [0.05, 0.1) is 0 Å². The van der Waals surface area contributed by atoms with E-state index in [0.717, 1.165) is 11.4 Å². The Hall–Kier alpha value is -2.99. The van der Waals surface area contributed by atoms with Crippen LogP contribution in [-0.4, -0.2) is 34.1 Å². The number of aromatic amines is 1. The van der Waals surface area contributed by atoms with Crippen molar-refractivity contribution in [1.82, 2.24) is 15.0 Å². The van der Waals surface area contributed by atoms with E-state index in [1.807, 2.05) is 12.1 Å². The fourth-order valence-corrected chi connectivity index (χ4v) is 1.16. The maximum atomic E-state index is 10.5. The molecule has 6 heteroatoms. The summed E-state index contributed by atoms with van der Waals surface area (Å²) in [6.07, 6.45) is 10.4. The van der Waals surface area contributed by atoms with Gasteiger partial charge in [-0.1, -0.05) is 25.8 Å². The predicted octanol–water partition coefficient (Wildman–Crippen LogP) is 2.84. The number of H-pyrrole nitrogens is 1. The van der Waals surface area contributed by atoms with Crippen molar-refractivity contribution >= 4 is 18.1 Å². The van der Waals surface area contributed by atoms with Crippen LogP contribution in [0.2, 0.25) is 0 Å². The Morgan fingerprint density at radius 2 is 1.96 bits per heavy atom. The van der Waals surface area contributed by atoms with Crippen molar-refractivity contribution in [3.63, 3.8) is 0 Å². The van der Waals surface area contributed by atoms with Crippen LogP contribution >= 0.6 is 0 Å². The normalized spacial score (nSPS) is 8.58. The molecule has 0 aliphatic carbocycles. The molecule has 2 heterocycles. The van der Waals surface area contributed by atoms with E-state index in [4.69, 9.17) is 5.73 Å². The smallest absolute Gasteiger partial charge is 0.333 e. The highest BCUT2D eigenvalue weighted by atomic mass is 16.5. The molecule has 2 aromatic rings. The minimum Gasteiger partial charge on any atom is -0.461 e. The molecule has 0 fully saturated rings. The van der Waals surface area contributed by atoms with Gasteiger partial charge in [-0.25, -0.2) is 9.78 Å². The Morgan fingerprint density at radius 1 is 1.29 bits per heavy atom. The summed E-state index contributed by atoms with van der Waals surface area (Å²) < 4.78 is 4.59. The third-order valence-electron chi connectivity index (χ3n) is 2.35. The summed E-state index contributed by atoms with van der Waals surface area (Å²) in [7, 11) is 0. The van der Waals surface area contributed by atoms with Gasteiger partial charge in [0.1, 0.15) is 12.4 Å². The Bertz CT molecular complexity index is 607. The lowest BCUT2D eigenvalue weighted by Gasteiger charge is -1.99. The summed E-state index contributed by atoms with van der Waals surface area (Å²) in [5.74, 6) is 0.445. The molecule has 0 aromatic carbocycles. The van der Waals surface area contributed by atoms with Gasteiger partial charge in [-0.2, -0.15) is 0 Å². The third kappa shape index (κ3) is 10.7. The van der Waals surface area contributed by atoms with Gasteiger partial charge in [0.25, 0.3) is 0 Å². The number of imidazole rings is 1. The number of carbonyl (C=O) groups is 1. The van der Waals surface area contributed by atoms with E-state index in [2.05, 4.69) is 39.4 Å². The van der Waals surface area contributed by atoms with E-state index in [1.165, 1.54) is 0 Å². The lowest BCUT2D eigenvalue weighted by atomic mass is 10.3. The molecule has 0 aliphatic rings. The fourth-order valence-electron chi connectivity index (χ4n) is 1.16. The summed E-state index contributed by atoms with van der Waals surface area (Å²) in [5, 5.41) is 0. The van der Waals surface area contributed by atoms with Crippen LogP contribution in [0.25, 0.3) is 12.2 Å². The quantitative estimate of drug-likeness (QED) is 0.650. The van der Waals surface area contributed by atoms with Gasteiger partial charge in [0.15, 0.2) is 0 Å². The zero-order valence-electron chi connectivity index (χ0n) is 13.9. The molecule has 0 spiro atoms. The second-order valence-electron chi connectivity index (χ2n) is 4.37. The first-order chi connectivity index (χ1) is 11.5. The molecule has 0 bridgehead atoms. The third-order valence-corrected chi connectivity index (χ3v) is 2.35. The lowest BCUT2D eigenvalue weighted by Crippen LogP contribution is -2.13. The SMILES string of the molecule is C=C(C)C(=O)OCCN.C=Cc1ccncc1.C=Cc1ncc[nH]1. The first-order valence-electron chi connectivity index (χ1n) is 7.22. The number of ether oxygens (including phenoxy) is 1. The molecule has 0 radical (unpaired) electrons. The van der Waals surface area contributed by atoms with Crippen LogP contribution in [0.5, 0.6) is 0 Å². The van der Waals surface area contributed by atoms with Crippen LogP contribution in [0.3, 0.4) is 0 Å². The van der Waals surface area contributed by atoms with Crippen LogP contribution < -0.4 is 5.73 Å². The first-order valence-corrected chi connectivity index (χ1v) is 7.22. The second-order valence-corrected chi connectivity index (χ2v) is 4.37. The molecule has 2 aromatic heterocycles. The molecular formula is C18H24N4O2. The number of rotatable bonds is 5. The molecule has 3 N–H and O–H groups in total. The zero-order valence-corrected chi connectivity index (χ0v) is 13.9. The summed E-state index contributed by atoms with van der Waals surface area (Å²) in [6, 6.07) is 3.82. The van der Waals surface area contributed by atoms with Crippen molar-refractivity contribution in [2.24, 2.45) is 5.73 Å². The van der Waals surface area contributed by atoms with Crippen molar-refractivity contribution in [2.45, 2.75) is 6.92 Å². The number of hydrogen-bond acceptors (Lipinski definition) is 5. The number of nitrogens with one attached hydrogen (secondary N) is 1. The first kappa shape index (κ1) is 21.0. The molecule has 0 saturated carbocycles. The zero-order chi connectivity index (χ0) is 18.2. The number of pyridine rings is 1. The van der Waals surface area contributed by atoms with E-state index in [-0.39, 0.29) is 12.6 Å². The topological polar surface area (TPSA) is 93.9 Å².